The van der Waals surface area contributed by atoms with Crippen LogP contribution in [0.5, 0.6) is 0 Å². The lowest BCUT2D eigenvalue weighted by molar-refractivity contribution is 0.0982. The zero-order valence-corrected chi connectivity index (χ0v) is 11.2. The Balaban J connectivity index is 2.62. The lowest BCUT2D eigenvalue weighted by Gasteiger charge is -1.97. The van der Waals surface area contributed by atoms with Crippen LogP contribution in [0.4, 0.5) is 0 Å². The summed E-state index contributed by atoms with van der Waals surface area (Å²) >= 11 is 1.32. The standard InChI is InChI=1S/C12H13N3O2S/c1-4-9(17)11-8(5-15(3)14-11)12-10(6-16)18-7(2)13-12/h5-6H,4H2,1-3H3. The molecular formula is C12H13N3O2S. The molecule has 0 fully saturated rings. The van der Waals surface area contributed by atoms with E-state index >= 15 is 0 Å². The summed E-state index contributed by atoms with van der Waals surface area (Å²) < 4.78 is 1.57. The smallest absolute Gasteiger partial charge is 0.183 e. The number of ketones is 1. The van der Waals surface area contributed by atoms with Crippen LogP contribution >= 0.6 is 11.3 Å². The summed E-state index contributed by atoms with van der Waals surface area (Å²) in [7, 11) is 1.75. The predicted molar refractivity (Wildman–Crippen MR) is 69.1 cm³/mol. The number of aryl methyl sites for hydroxylation is 2. The summed E-state index contributed by atoms with van der Waals surface area (Å²) in [5.74, 6) is -0.0481. The minimum Gasteiger partial charge on any atom is -0.297 e. The lowest BCUT2D eigenvalue weighted by Crippen LogP contribution is -2.01. The molecule has 2 heterocycles. The number of carbonyl (C=O) groups is 2. The number of thiazole rings is 1. The largest absolute Gasteiger partial charge is 0.297 e. The molecule has 0 saturated carbocycles. The highest BCUT2D eigenvalue weighted by molar-refractivity contribution is 7.13. The lowest BCUT2D eigenvalue weighted by atomic mass is 10.1. The first-order chi connectivity index (χ1) is 8.56. The van der Waals surface area contributed by atoms with Crippen molar-refractivity contribution in [1.82, 2.24) is 14.8 Å². The molecule has 2 rings (SSSR count). The highest BCUT2D eigenvalue weighted by Gasteiger charge is 2.20. The monoisotopic (exact) mass is 263 g/mol. The Kier molecular flexibility index (Phi) is 3.38. The Bertz CT molecular complexity index is 613. The van der Waals surface area contributed by atoms with E-state index in [0.29, 0.717) is 28.2 Å². The van der Waals surface area contributed by atoms with Gasteiger partial charge in [-0.3, -0.25) is 14.3 Å². The molecular weight excluding hydrogens is 250 g/mol. The minimum atomic E-state index is -0.0481. The van der Waals surface area contributed by atoms with E-state index < -0.39 is 0 Å². The molecule has 0 aliphatic heterocycles. The normalized spacial score (nSPS) is 10.6. The van der Waals surface area contributed by atoms with Crippen LogP contribution in [0.1, 0.15) is 38.5 Å². The van der Waals surface area contributed by atoms with Gasteiger partial charge in [-0.25, -0.2) is 4.98 Å². The summed E-state index contributed by atoms with van der Waals surface area (Å²) in [6.45, 7) is 3.62. The Hall–Kier alpha value is -1.82. The molecule has 0 aliphatic rings. The molecule has 5 nitrogen and oxygen atoms in total. The van der Waals surface area contributed by atoms with Crippen molar-refractivity contribution in [3.05, 3.63) is 21.8 Å². The molecule has 0 atom stereocenters. The molecule has 0 N–H and O–H groups in total. The summed E-state index contributed by atoms with van der Waals surface area (Å²) in [5, 5.41) is 4.96. The zero-order chi connectivity index (χ0) is 13.3. The predicted octanol–water partition coefficient (Wildman–Crippen LogP) is 2.26. The second-order valence-corrected chi connectivity index (χ2v) is 5.14. The van der Waals surface area contributed by atoms with Crippen molar-refractivity contribution in [2.24, 2.45) is 7.05 Å². The van der Waals surface area contributed by atoms with Gasteiger partial charge in [0.05, 0.1) is 21.1 Å². The molecule has 0 aromatic carbocycles. The Morgan fingerprint density at radius 2 is 2.28 bits per heavy atom. The van der Waals surface area contributed by atoms with Gasteiger partial charge in [0.1, 0.15) is 5.69 Å². The molecule has 0 bridgehead atoms. The van der Waals surface area contributed by atoms with Gasteiger partial charge in [-0.2, -0.15) is 5.10 Å². The topological polar surface area (TPSA) is 64.8 Å². The maximum absolute atomic E-state index is 11.8. The van der Waals surface area contributed by atoms with E-state index in [1.54, 1.807) is 24.9 Å². The van der Waals surface area contributed by atoms with Crippen molar-refractivity contribution < 1.29 is 9.59 Å². The van der Waals surface area contributed by atoms with Gasteiger partial charge < -0.3 is 0 Å². The Morgan fingerprint density at radius 3 is 2.89 bits per heavy atom. The number of carbonyl (C=O) groups excluding carboxylic acids is 2. The van der Waals surface area contributed by atoms with E-state index in [1.807, 2.05) is 6.92 Å². The summed E-state index contributed by atoms with van der Waals surface area (Å²) in [4.78, 5) is 27.7. The zero-order valence-electron chi connectivity index (χ0n) is 10.4. The van der Waals surface area contributed by atoms with Gasteiger partial charge in [0.15, 0.2) is 12.1 Å². The summed E-state index contributed by atoms with van der Waals surface area (Å²) in [6, 6.07) is 0. The van der Waals surface area contributed by atoms with E-state index in [4.69, 9.17) is 0 Å². The van der Waals surface area contributed by atoms with Crippen LogP contribution in [0.25, 0.3) is 11.3 Å². The highest BCUT2D eigenvalue weighted by atomic mass is 32.1. The minimum absolute atomic E-state index is 0.0481. The van der Waals surface area contributed by atoms with Gasteiger partial charge in [0.25, 0.3) is 0 Å². The van der Waals surface area contributed by atoms with E-state index in [9.17, 15) is 9.59 Å². The van der Waals surface area contributed by atoms with E-state index in [2.05, 4.69) is 10.1 Å². The van der Waals surface area contributed by atoms with Gasteiger partial charge in [0.2, 0.25) is 0 Å². The third-order valence-corrected chi connectivity index (χ3v) is 3.43. The SMILES string of the molecule is CCC(=O)c1nn(C)cc1-c1nc(C)sc1C=O. The molecule has 0 unspecified atom stereocenters. The molecule has 18 heavy (non-hydrogen) atoms. The number of aldehydes is 1. The van der Waals surface area contributed by atoms with Crippen molar-refractivity contribution in [2.45, 2.75) is 20.3 Å². The molecule has 0 amide bonds. The van der Waals surface area contributed by atoms with Crippen molar-refractivity contribution in [2.75, 3.05) is 0 Å². The van der Waals surface area contributed by atoms with E-state index in [1.165, 1.54) is 11.3 Å². The molecule has 2 aromatic heterocycles. The Labute approximate surface area is 108 Å². The number of rotatable bonds is 4. The highest BCUT2D eigenvalue weighted by Crippen LogP contribution is 2.29. The maximum Gasteiger partial charge on any atom is 0.183 e. The van der Waals surface area contributed by atoms with Crippen LogP contribution in [-0.2, 0) is 7.05 Å². The number of hydrogen-bond acceptors (Lipinski definition) is 5. The van der Waals surface area contributed by atoms with Crippen LogP contribution in [0.2, 0.25) is 0 Å². The van der Waals surface area contributed by atoms with Crippen LogP contribution in [0.15, 0.2) is 6.20 Å². The van der Waals surface area contributed by atoms with Gasteiger partial charge in [-0.1, -0.05) is 6.92 Å². The number of aromatic nitrogens is 3. The molecule has 2 aromatic rings. The quantitative estimate of drug-likeness (QED) is 0.627. The number of Topliss-reactive ketones (excluding diaryl/α,β-unsaturated/α-hetero) is 1. The van der Waals surface area contributed by atoms with Crippen molar-refractivity contribution in [3.8, 4) is 11.3 Å². The van der Waals surface area contributed by atoms with Crippen LogP contribution < -0.4 is 0 Å². The molecule has 0 saturated heterocycles. The fourth-order valence-corrected chi connectivity index (χ4v) is 2.51. The molecule has 6 heteroatoms. The second kappa shape index (κ2) is 4.81. The second-order valence-electron chi connectivity index (χ2n) is 3.91. The Morgan fingerprint density at radius 1 is 1.56 bits per heavy atom. The first-order valence-electron chi connectivity index (χ1n) is 5.56. The summed E-state index contributed by atoms with van der Waals surface area (Å²) in [6.07, 6.45) is 2.88. The van der Waals surface area contributed by atoms with E-state index in [-0.39, 0.29) is 5.78 Å². The van der Waals surface area contributed by atoms with Gasteiger partial charge >= 0.3 is 0 Å². The average Bonchev–Trinajstić information content (AvgIpc) is 2.90. The number of nitrogens with zero attached hydrogens (tertiary/aromatic N) is 3. The van der Waals surface area contributed by atoms with Gasteiger partial charge in [0, 0.05) is 19.7 Å². The van der Waals surface area contributed by atoms with Crippen LogP contribution in [-0.4, -0.2) is 26.8 Å². The number of hydrogen-bond donors (Lipinski definition) is 0. The molecule has 94 valence electrons. The van der Waals surface area contributed by atoms with Crippen LogP contribution in [0, 0.1) is 6.92 Å². The summed E-state index contributed by atoms with van der Waals surface area (Å²) in [5.41, 5.74) is 1.57. The van der Waals surface area contributed by atoms with Crippen LogP contribution in [0.3, 0.4) is 0 Å². The van der Waals surface area contributed by atoms with E-state index in [0.717, 1.165) is 11.3 Å². The molecule has 0 aliphatic carbocycles. The third-order valence-electron chi connectivity index (χ3n) is 2.54. The van der Waals surface area contributed by atoms with Crippen molar-refractivity contribution in [3.63, 3.8) is 0 Å². The van der Waals surface area contributed by atoms with Gasteiger partial charge in [-0.05, 0) is 6.92 Å². The van der Waals surface area contributed by atoms with Crippen molar-refractivity contribution in [1.29, 1.82) is 0 Å². The maximum atomic E-state index is 11.8. The van der Waals surface area contributed by atoms with Gasteiger partial charge in [-0.15, -0.1) is 11.3 Å². The fraction of sp³-hybridized carbons (Fsp3) is 0.333. The molecule has 0 radical (unpaired) electrons. The first-order valence-corrected chi connectivity index (χ1v) is 6.38. The fourth-order valence-electron chi connectivity index (χ4n) is 1.75. The molecule has 0 spiro atoms. The third kappa shape index (κ3) is 2.11. The average molecular weight is 263 g/mol. The first kappa shape index (κ1) is 12.6. The van der Waals surface area contributed by atoms with Crippen molar-refractivity contribution >= 4 is 23.4 Å².